The highest BCUT2D eigenvalue weighted by atomic mass is 35.5. The number of rotatable bonds is 2. The van der Waals surface area contributed by atoms with E-state index in [-0.39, 0.29) is 11.6 Å². The zero-order valence-corrected chi connectivity index (χ0v) is 9.28. The van der Waals surface area contributed by atoms with Crippen molar-refractivity contribution < 1.29 is 9.32 Å². The minimum Gasteiger partial charge on any atom is -0.364 e. The molecule has 0 aliphatic carbocycles. The van der Waals surface area contributed by atoms with Crippen molar-refractivity contribution in [2.45, 2.75) is 6.92 Å². The summed E-state index contributed by atoms with van der Waals surface area (Å²) in [6.07, 6.45) is 1.35. The summed E-state index contributed by atoms with van der Waals surface area (Å²) in [7, 11) is 0. The molecule has 1 aromatic carbocycles. The molecule has 0 fully saturated rings. The minimum atomic E-state index is -0.320. The van der Waals surface area contributed by atoms with Gasteiger partial charge < -0.3 is 9.84 Å². The summed E-state index contributed by atoms with van der Waals surface area (Å²) in [6.45, 7) is 1.88. The molecule has 1 amide bonds. The van der Waals surface area contributed by atoms with Crippen molar-refractivity contribution in [3.05, 3.63) is 46.8 Å². The van der Waals surface area contributed by atoms with Crippen LogP contribution in [-0.4, -0.2) is 11.1 Å². The van der Waals surface area contributed by atoms with Crippen LogP contribution in [0.2, 0.25) is 5.02 Å². The van der Waals surface area contributed by atoms with E-state index in [1.54, 1.807) is 12.1 Å². The van der Waals surface area contributed by atoms with E-state index in [1.165, 1.54) is 12.3 Å². The van der Waals surface area contributed by atoms with Gasteiger partial charge >= 0.3 is 0 Å². The van der Waals surface area contributed by atoms with Gasteiger partial charge in [-0.1, -0.05) is 22.8 Å². The van der Waals surface area contributed by atoms with Gasteiger partial charge in [-0.15, -0.1) is 0 Å². The fourth-order valence-corrected chi connectivity index (χ4v) is 1.42. The molecule has 0 spiro atoms. The second-order valence-electron chi connectivity index (χ2n) is 3.30. The Labute approximate surface area is 97.2 Å². The maximum absolute atomic E-state index is 11.7. The van der Waals surface area contributed by atoms with Crippen LogP contribution in [0.25, 0.3) is 0 Å². The summed E-state index contributed by atoms with van der Waals surface area (Å²) in [4.78, 5) is 11.7. The molecule has 0 aliphatic heterocycles. The van der Waals surface area contributed by atoms with Gasteiger partial charge in [0.1, 0.15) is 6.26 Å². The molecular weight excluding hydrogens is 228 g/mol. The number of carbonyl (C=O) groups excluding carboxylic acids is 1. The van der Waals surface area contributed by atoms with Crippen LogP contribution in [0.15, 0.2) is 35.1 Å². The third kappa shape index (κ3) is 2.23. The van der Waals surface area contributed by atoms with Gasteiger partial charge in [-0.3, -0.25) is 4.79 Å². The maximum atomic E-state index is 11.7. The Kier molecular flexibility index (Phi) is 2.92. The molecule has 0 radical (unpaired) electrons. The van der Waals surface area contributed by atoms with Gasteiger partial charge in [0.25, 0.3) is 5.91 Å². The highest BCUT2D eigenvalue weighted by Gasteiger charge is 2.10. The predicted molar refractivity (Wildman–Crippen MR) is 60.6 cm³/mol. The van der Waals surface area contributed by atoms with Crippen molar-refractivity contribution in [2.75, 3.05) is 5.32 Å². The molecule has 2 rings (SSSR count). The fraction of sp³-hybridized carbons (Fsp3) is 0.0909. The molecule has 0 saturated carbocycles. The van der Waals surface area contributed by atoms with Gasteiger partial charge in [0.2, 0.25) is 0 Å². The van der Waals surface area contributed by atoms with Crippen LogP contribution in [0.5, 0.6) is 0 Å². The maximum Gasteiger partial charge on any atom is 0.277 e. The van der Waals surface area contributed by atoms with Crippen molar-refractivity contribution in [1.29, 1.82) is 0 Å². The molecule has 0 saturated heterocycles. The van der Waals surface area contributed by atoms with Crippen LogP contribution in [0.3, 0.4) is 0 Å². The van der Waals surface area contributed by atoms with Gasteiger partial charge in [-0.05, 0) is 24.6 Å². The molecule has 16 heavy (non-hydrogen) atoms. The van der Waals surface area contributed by atoms with Crippen molar-refractivity contribution in [1.82, 2.24) is 5.16 Å². The highest BCUT2D eigenvalue weighted by molar-refractivity contribution is 6.31. The second-order valence-corrected chi connectivity index (χ2v) is 3.73. The lowest BCUT2D eigenvalue weighted by atomic mass is 10.2. The normalized spacial score (nSPS) is 10.1. The number of halogens is 1. The molecule has 4 nitrogen and oxygen atoms in total. The van der Waals surface area contributed by atoms with Crippen molar-refractivity contribution in [2.24, 2.45) is 0 Å². The van der Waals surface area contributed by atoms with E-state index in [0.717, 1.165) is 5.56 Å². The van der Waals surface area contributed by atoms with Gasteiger partial charge in [-0.2, -0.15) is 0 Å². The van der Waals surface area contributed by atoms with E-state index in [4.69, 9.17) is 11.6 Å². The Morgan fingerprint density at radius 1 is 1.44 bits per heavy atom. The first-order valence-corrected chi connectivity index (χ1v) is 5.02. The SMILES string of the molecule is Cc1ccc(Cl)cc1NC(=O)c1ccon1. The second kappa shape index (κ2) is 4.37. The lowest BCUT2D eigenvalue weighted by molar-refractivity contribution is 0.101. The molecule has 1 heterocycles. The topological polar surface area (TPSA) is 55.1 Å². The van der Waals surface area contributed by atoms with Crippen LogP contribution in [0.4, 0.5) is 5.69 Å². The number of nitrogens with zero attached hydrogens (tertiary/aromatic N) is 1. The Bertz CT molecular complexity index is 509. The van der Waals surface area contributed by atoms with Gasteiger partial charge in [-0.25, -0.2) is 0 Å². The first-order chi connectivity index (χ1) is 7.66. The molecule has 1 N–H and O–H groups in total. The number of aryl methyl sites for hydroxylation is 1. The number of benzene rings is 1. The lowest BCUT2D eigenvalue weighted by Gasteiger charge is -2.06. The monoisotopic (exact) mass is 236 g/mol. The number of hydrogen-bond donors (Lipinski definition) is 1. The standard InChI is InChI=1S/C11H9ClN2O2/c1-7-2-3-8(12)6-10(7)13-11(15)9-4-5-16-14-9/h2-6H,1H3,(H,13,15). The Morgan fingerprint density at radius 2 is 2.25 bits per heavy atom. The summed E-state index contributed by atoms with van der Waals surface area (Å²) >= 11 is 5.84. The number of anilines is 1. The van der Waals surface area contributed by atoms with E-state index >= 15 is 0 Å². The molecule has 2 aromatic rings. The minimum absolute atomic E-state index is 0.236. The average molecular weight is 237 g/mol. The number of aromatic nitrogens is 1. The summed E-state index contributed by atoms with van der Waals surface area (Å²) < 4.78 is 4.59. The van der Waals surface area contributed by atoms with E-state index < -0.39 is 0 Å². The van der Waals surface area contributed by atoms with Crippen molar-refractivity contribution in [3.63, 3.8) is 0 Å². The number of nitrogens with one attached hydrogen (secondary N) is 1. The summed E-state index contributed by atoms with van der Waals surface area (Å²) in [5.41, 5.74) is 1.83. The zero-order chi connectivity index (χ0) is 11.5. The smallest absolute Gasteiger partial charge is 0.277 e. The summed E-state index contributed by atoms with van der Waals surface area (Å²) in [5.74, 6) is -0.320. The highest BCUT2D eigenvalue weighted by Crippen LogP contribution is 2.20. The van der Waals surface area contributed by atoms with E-state index in [9.17, 15) is 4.79 Å². The first kappa shape index (κ1) is 10.7. The molecular formula is C11H9ClN2O2. The van der Waals surface area contributed by atoms with Crippen LogP contribution >= 0.6 is 11.6 Å². The number of carbonyl (C=O) groups is 1. The zero-order valence-electron chi connectivity index (χ0n) is 8.53. The molecule has 0 atom stereocenters. The van der Waals surface area contributed by atoms with Crippen LogP contribution in [0, 0.1) is 6.92 Å². The largest absolute Gasteiger partial charge is 0.364 e. The predicted octanol–water partition coefficient (Wildman–Crippen LogP) is 2.89. The third-order valence-corrected chi connectivity index (χ3v) is 2.35. The number of hydrogen-bond acceptors (Lipinski definition) is 3. The lowest BCUT2D eigenvalue weighted by Crippen LogP contribution is -2.12. The van der Waals surface area contributed by atoms with Crippen LogP contribution < -0.4 is 5.32 Å². The van der Waals surface area contributed by atoms with Gasteiger partial charge in [0.05, 0.1) is 0 Å². The summed E-state index contributed by atoms with van der Waals surface area (Å²) in [6, 6.07) is 6.79. The molecule has 82 valence electrons. The first-order valence-electron chi connectivity index (χ1n) is 4.65. The molecule has 0 aliphatic rings. The van der Waals surface area contributed by atoms with E-state index in [1.807, 2.05) is 13.0 Å². The Hall–Kier alpha value is -1.81. The summed E-state index contributed by atoms with van der Waals surface area (Å²) in [5, 5.41) is 6.82. The van der Waals surface area contributed by atoms with Crippen molar-refractivity contribution >= 4 is 23.2 Å². The Morgan fingerprint density at radius 3 is 2.94 bits per heavy atom. The fourth-order valence-electron chi connectivity index (χ4n) is 1.24. The van der Waals surface area contributed by atoms with Gasteiger partial charge in [0, 0.05) is 16.8 Å². The molecule has 0 bridgehead atoms. The molecule has 0 unspecified atom stereocenters. The Balaban J connectivity index is 2.21. The van der Waals surface area contributed by atoms with Gasteiger partial charge in [0.15, 0.2) is 5.69 Å². The molecule has 5 heteroatoms. The molecule has 1 aromatic heterocycles. The third-order valence-electron chi connectivity index (χ3n) is 2.12. The number of amides is 1. The van der Waals surface area contributed by atoms with E-state index in [2.05, 4.69) is 15.0 Å². The van der Waals surface area contributed by atoms with Crippen LogP contribution in [0.1, 0.15) is 16.1 Å². The van der Waals surface area contributed by atoms with Crippen molar-refractivity contribution in [3.8, 4) is 0 Å². The average Bonchev–Trinajstić information content (AvgIpc) is 2.76. The quantitative estimate of drug-likeness (QED) is 0.872. The van der Waals surface area contributed by atoms with E-state index in [0.29, 0.717) is 10.7 Å². The van der Waals surface area contributed by atoms with Crippen LogP contribution in [-0.2, 0) is 0 Å².